The van der Waals surface area contributed by atoms with Gasteiger partial charge in [0.15, 0.2) is 12.6 Å². The van der Waals surface area contributed by atoms with Crippen molar-refractivity contribution in [3.8, 4) is 0 Å². The maximum Gasteiger partial charge on any atom is 0.186 e. The zero-order valence-electron chi connectivity index (χ0n) is 29.6. The topological polar surface area (TPSA) is 214 Å². The van der Waals surface area contributed by atoms with Gasteiger partial charge in [-0.3, -0.25) is 0 Å². The minimum absolute atomic E-state index is 0.191. The predicted molar refractivity (Wildman–Crippen MR) is 171 cm³/mol. The van der Waals surface area contributed by atoms with Gasteiger partial charge in [-0.2, -0.15) is 0 Å². The molecule has 4 unspecified atom stereocenters. The molecule has 16 nitrogen and oxygen atoms in total. The van der Waals surface area contributed by atoms with Crippen LogP contribution in [0.2, 0.25) is 0 Å². The molecular weight excluding hydrogens is 640 g/mol. The zero-order chi connectivity index (χ0) is 35.9. The van der Waals surface area contributed by atoms with Gasteiger partial charge in [0, 0.05) is 13.2 Å². The highest BCUT2D eigenvalue weighted by Crippen LogP contribution is 2.22. The summed E-state index contributed by atoms with van der Waals surface area (Å²) in [5, 5.41) is 58.0. The lowest BCUT2D eigenvalue weighted by atomic mass is 10.0. The van der Waals surface area contributed by atoms with E-state index < -0.39 is 61.4 Å². The van der Waals surface area contributed by atoms with Gasteiger partial charge in [-0.15, -0.1) is 0 Å². The minimum Gasteiger partial charge on any atom is -0.388 e. The summed E-state index contributed by atoms with van der Waals surface area (Å²) in [6, 6.07) is 0. The molecule has 0 saturated carbocycles. The predicted octanol–water partition coefficient (Wildman–Crippen LogP) is -0.927. The zero-order valence-corrected chi connectivity index (χ0v) is 29.6. The van der Waals surface area contributed by atoms with Gasteiger partial charge in [0.1, 0.15) is 36.6 Å². The Morgan fingerprint density at radius 2 is 0.667 bits per heavy atom. The first-order valence-electron chi connectivity index (χ1n) is 17.0. The summed E-state index contributed by atoms with van der Waals surface area (Å²) in [4.78, 5) is 0. The van der Waals surface area contributed by atoms with Gasteiger partial charge in [-0.25, -0.2) is 0 Å². The van der Waals surface area contributed by atoms with Crippen LogP contribution in [0.4, 0.5) is 0 Å². The highest BCUT2D eigenvalue weighted by Gasteiger charge is 2.43. The molecule has 0 bridgehead atoms. The lowest BCUT2D eigenvalue weighted by Crippen LogP contribution is -2.57. The standard InChI is InChI=1S/C18H36O9.C14H28O7/c1-13(2)12-25-9-8-23-5-4-22-6-7-24-10-11-26-18-17(21)16(20)15(19)14(3)27-18;1-9(2)8-19-5-4-18-6-7-20-14-13(17)12(16)11(15)10(3)21-14/h13-21H,4-12H2,1-3H3;9-17H,4-8H2,1-3H3/t14-,15+,16?,17?,18+;10-,11+,12?,13?,14+/m00/s1. The Morgan fingerprint density at radius 1 is 0.396 bits per heavy atom. The van der Waals surface area contributed by atoms with Crippen molar-refractivity contribution in [2.24, 2.45) is 11.8 Å². The van der Waals surface area contributed by atoms with E-state index in [0.717, 1.165) is 6.61 Å². The average molecular weight is 705 g/mol. The van der Waals surface area contributed by atoms with Crippen LogP contribution in [-0.2, 0) is 47.4 Å². The van der Waals surface area contributed by atoms with Crippen LogP contribution in [0.15, 0.2) is 0 Å². The van der Waals surface area contributed by atoms with Crippen molar-refractivity contribution in [2.45, 2.75) is 103 Å². The molecule has 2 rings (SSSR count). The molecule has 2 aliphatic rings. The summed E-state index contributed by atoms with van der Waals surface area (Å²) in [6.45, 7) is 18.1. The summed E-state index contributed by atoms with van der Waals surface area (Å²) in [5.41, 5.74) is 0. The van der Waals surface area contributed by atoms with Crippen molar-refractivity contribution < 1.29 is 78.0 Å². The molecule has 288 valence electrons. The SMILES string of the molecule is CC(C)COCCOCCOCCOCCO[C@@H]1O[C@@H](C)[C@@H](O)C(O)C1O.CC(C)COCCOCCO[C@@H]1O[C@@H](C)[C@@H](O)C(O)C1O. The molecule has 2 heterocycles. The van der Waals surface area contributed by atoms with E-state index in [-0.39, 0.29) is 13.2 Å². The van der Waals surface area contributed by atoms with Gasteiger partial charge < -0.3 is 78.0 Å². The molecule has 2 fully saturated rings. The van der Waals surface area contributed by atoms with Gasteiger partial charge in [0.2, 0.25) is 0 Å². The van der Waals surface area contributed by atoms with E-state index in [2.05, 4.69) is 27.7 Å². The van der Waals surface area contributed by atoms with E-state index in [9.17, 15) is 30.6 Å². The summed E-state index contributed by atoms with van der Waals surface area (Å²) < 4.78 is 53.5. The second-order valence-corrected chi connectivity index (χ2v) is 12.5. The van der Waals surface area contributed by atoms with Crippen LogP contribution < -0.4 is 0 Å². The van der Waals surface area contributed by atoms with Crippen molar-refractivity contribution in [2.75, 3.05) is 92.5 Å². The van der Waals surface area contributed by atoms with E-state index in [0.29, 0.717) is 84.5 Å². The first-order valence-corrected chi connectivity index (χ1v) is 17.0. The minimum atomic E-state index is -1.30. The molecule has 6 N–H and O–H groups in total. The molecule has 0 radical (unpaired) electrons. The van der Waals surface area contributed by atoms with Crippen molar-refractivity contribution >= 4 is 0 Å². The Kier molecular flexibility index (Phi) is 25.6. The Bertz CT molecular complexity index is 749. The number of rotatable bonds is 24. The first-order chi connectivity index (χ1) is 22.9. The largest absolute Gasteiger partial charge is 0.388 e. The highest BCUT2D eigenvalue weighted by molar-refractivity contribution is 4.88. The van der Waals surface area contributed by atoms with Gasteiger partial charge in [0.05, 0.1) is 91.5 Å². The monoisotopic (exact) mass is 704 g/mol. The molecule has 2 saturated heterocycles. The van der Waals surface area contributed by atoms with Gasteiger partial charge in [-0.05, 0) is 25.7 Å². The van der Waals surface area contributed by atoms with Crippen molar-refractivity contribution in [3.63, 3.8) is 0 Å². The molecule has 10 atom stereocenters. The fourth-order valence-corrected chi connectivity index (χ4v) is 4.27. The van der Waals surface area contributed by atoms with Gasteiger partial charge in [0.25, 0.3) is 0 Å². The molecule has 16 heteroatoms. The van der Waals surface area contributed by atoms with Crippen molar-refractivity contribution in [1.29, 1.82) is 0 Å². The van der Waals surface area contributed by atoms with E-state index in [1.807, 2.05) is 0 Å². The van der Waals surface area contributed by atoms with Crippen LogP contribution in [0.5, 0.6) is 0 Å². The van der Waals surface area contributed by atoms with Crippen LogP contribution in [0.25, 0.3) is 0 Å². The fourth-order valence-electron chi connectivity index (χ4n) is 4.27. The molecule has 0 aromatic carbocycles. The summed E-state index contributed by atoms with van der Waals surface area (Å²) >= 11 is 0. The fraction of sp³-hybridized carbons (Fsp3) is 1.00. The molecule has 0 spiro atoms. The van der Waals surface area contributed by atoms with E-state index in [4.69, 9.17) is 47.4 Å². The second-order valence-electron chi connectivity index (χ2n) is 12.5. The molecule has 48 heavy (non-hydrogen) atoms. The number of hydrogen-bond acceptors (Lipinski definition) is 16. The summed E-state index contributed by atoms with van der Waals surface area (Å²) in [7, 11) is 0. The number of aliphatic hydroxyl groups excluding tert-OH is 6. The van der Waals surface area contributed by atoms with Gasteiger partial charge in [-0.1, -0.05) is 27.7 Å². The normalized spacial score (nSPS) is 30.9. The molecule has 0 aromatic heterocycles. The summed E-state index contributed by atoms with van der Waals surface area (Å²) in [6.07, 6.45) is -10.6. The van der Waals surface area contributed by atoms with Crippen LogP contribution in [0, 0.1) is 11.8 Å². The van der Waals surface area contributed by atoms with E-state index >= 15 is 0 Å². The second kappa shape index (κ2) is 27.1. The van der Waals surface area contributed by atoms with Crippen molar-refractivity contribution in [3.05, 3.63) is 0 Å². The lowest BCUT2D eigenvalue weighted by Gasteiger charge is -2.38. The maximum absolute atomic E-state index is 9.80. The Morgan fingerprint density at radius 3 is 0.958 bits per heavy atom. The molecular formula is C32H64O16. The number of hydrogen-bond donors (Lipinski definition) is 6. The Balaban J connectivity index is 0.000000495. The molecule has 2 aliphatic heterocycles. The van der Waals surface area contributed by atoms with E-state index in [1.165, 1.54) is 0 Å². The lowest BCUT2D eigenvalue weighted by molar-refractivity contribution is -0.294. The third-order valence-corrected chi connectivity index (χ3v) is 7.03. The Labute approximate surface area is 285 Å². The van der Waals surface area contributed by atoms with E-state index in [1.54, 1.807) is 13.8 Å². The number of aliphatic hydroxyl groups is 6. The van der Waals surface area contributed by atoms with Crippen LogP contribution >= 0.6 is 0 Å². The maximum atomic E-state index is 9.80. The first kappa shape index (κ1) is 45.4. The summed E-state index contributed by atoms with van der Waals surface area (Å²) in [5.74, 6) is 1.03. The smallest absolute Gasteiger partial charge is 0.186 e. The molecule has 0 aromatic rings. The molecule has 0 aliphatic carbocycles. The van der Waals surface area contributed by atoms with Crippen LogP contribution in [0.3, 0.4) is 0 Å². The Hall–Kier alpha value is -0.640. The average Bonchev–Trinajstić information content (AvgIpc) is 3.04. The number of ether oxygens (including phenoxy) is 10. The quantitative estimate of drug-likeness (QED) is 0.0670. The highest BCUT2D eigenvalue weighted by atomic mass is 16.7. The third-order valence-electron chi connectivity index (χ3n) is 7.03. The van der Waals surface area contributed by atoms with Crippen molar-refractivity contribution in [1.82, 2.24) is 0 Å². The van der Waals surface area contributed by atoms with Gasteiger partial charge >= 0.3 is 0 Å². The van der Waals surface area contributed by atoms with Crippen LogP contribution in [-0.4, -0.2) is 185 Å². The third kappa shape index (κ3) is 19.7. The van der Waals surface area contributed by atoms with Crippen LogP contribution in [0.1, 0.15) is 41.5 Å². The molecule has 0 amide bonds.